The number of nitrogens with two attached hydrogens (primary N) is 1. The van der Waals surface area contributed by atoms with E-state index in [0.29, 0.717) is 31.3 Å². The monoisotopic (exact) mass is 308 g/mol. The van der Waals surface area contributed by atoms with Crippen molar-refractivity contribution in [3.05, 3.63) is 30.1 Å². The number of hydrogen-bond acceptors (Lipinski definition) is 2. The van der Waals surface area contributed by atoms with Crippen molar-refractivity contribution in [2.75, 3.05) is 25.0 Å². The molecule has 0 spiro atoms. The molecule has 1 aromatic carbocycles. The van der Waals surface area contributed by atoms with Gasteiger partial charge in [-0.05, 0) is 35.6 Å². The van der Waals surface area contributed by atoms with Gasteiger partial charge in [-0.15, -0.1) is 0 Å². The number of nitrogens with one attached hydrogen (secondary N) is 2. The van der Waals surface area contributed by atoms with Crippen molar-refractivity contribution < 1.29 is 4.39 Å². The molecule has 0 aliphatic carbocycles. The first-order valence-corrected chi connectivity index (χ1v) is 7.62. The minimum Gasteiger partial charge on any atom is -0.356 e. The molecule has 22 heavy (non-hydrogen) atoms. The zero-order valence-electron chi connectivity index (χ0n) is 14.3. The van der Waals surface area contributed by atoms with Gasteiger partial charge in [0.2, 0.25) is 0 Å². The molecule has 4 nitrogen and oxygen atoms in total. The van der Waals surface area contributed by atoms with Crippen LogP contribution in [-0.4, -0.2) is 25.6 Å². The summed E-state index contributed by atoms with van der Waals surface area (Å²) in [5.74, 6) is 0.365. The van der Waals surface area contributed by atoms with Crippen LogP contribution in [0, 0.1) is 16.6 Å². The van der Waals surface area contributed by atoms with Crippen LogP contribution in [0.25, 0.3) is 0 Å². The molecular weight excluding hydrogens is 279 g/mol. The summed E-state index contributed by atoms with van der Waals surface area (Å²) >= 11 is 0. The molecule has 0 bridgehead atoms. The van der Waals surface area contributed by atoms with Crippen molar-refractivity contribution >= 4 is 11.6 Å². The summed E-state index contributed by atoms with van der Waals surface area (Å²) in [5, 5.41) is 6.44. The topological polar surface area (TPSA) is 62.4 Å². The summed E-state index contributed by atoms with van der Waals surface area (Å²) in [6.07, 6.45) is 0. The molecule has 0 atom stereocenters. The highest BCUT2D eigenvalue weighted by molar-refractivity contribution is 5.93. The lowest BCUT2D eigenvalue weighted by molar-refractivity contribution is 0.375. The van der Waals surface area contributed by atoms with Gasteiger partial charge in [-0.25, -0.2) is 4.39 Å². The van der Waals surface area contributed by atoms with E-state index in [1.165, 1.54) is 12.1 Å². The fourth-order valence-corrected chi connectivity index (χ4v) is 1.55. The van der Waals surface area contributed by atoms with E-state index < -0.39 is 0 Å². The number of rotatable bonds is 5. The second kappa shape index (κ2) is 7.58. The van der Waals surface area contributed by atoms with Crippen LogP contribution in [0.2, 0.25) is 0 Å². The number of halogens is 1. The van der Waals surface area contributed by atoms with Gasteiger partial charge >= 0.3 is 0 Å². The van der Waals surface area contributed by atoms with Crippen LogP contribution in [0.4, 0.5) is 10.1 Å². The van der Waals surface area contributed by atoms with Crippen LogP contribution in [0.3, 0.4) is 0 Å². The van der Waals surface area contributed by atoms with E-state index >= 15 is 0 Å². The van der Waals surface area contributed by atoms with Crippen molar-refractivity contribution in [3.8, 4) is 0 Å². The van der Waals surface area contributed by atoms with Gasteiger partial charge in [-0.1, -0.05) is 40.7 Å². The van der Waals surface area contributed by atoms with Crippen LogP contribution >= 0.6 is 0 Å². The van der Waals surface area contributed by atoms with Crippen molar-refractivity contribution in [3.63, 3.8) is 0 Å². The van der Waals surface area contributed by atoms with Crippen LogP contribution in [0.15, 0.2) is 29.3 Å². The number of anilines is 1. The maximum atomic E-state index is 13.3. The van der Waals surface area contributed by atoms with Gasteiger partial charge in [0.25, 0.3) is 0 Å². The molecule has 0 heterocycles. The van der Waals surface area contributed by atoms with E-state index in [2.05, 4.69) is 50.2 Å². The van der Waals surface area contributed by atoms with Gasteiger partial charge in [0.15, 0.2) is 5.96 Å². The second-order valence-electron chi connectivity index (χ2n) is 7.58. The molecule has 0 aliphatic heterocycles. The number of nitrogens with zero attached hydrogens (tertiary/aromatic N) is 1. The summed E-state index contributed by atoms with van der Waals surface area (Å²) in [4.78, 5) is 4.59. The Bertz CT molecular complexity index is 504. The standard InChI is InChI=1S/C17H29FN4/c1-16(2,3)11-20-15(21-12-17(4,5)10-19)22-14-8-6-7-13(18)9-14/h6-9H,10-12,19H2,1-5H3,(H2,20,21,22). The quantitative estimate of drug-likeness (QED) is 0.578. The van der Waals surface area contributed by atoms with E-state index in [0.717, 1.165) is 0 Å². The first-order valence-electron chi connectivity index (χ1n) is 7.62. The lowest BCUT2D eigenvalue weighted by Gasteiger charge is -2.25. The summed E-state index contributed by atoms with van der Waals surface area (Å²) in [6, 6.07) is 6.35. The van der Waals surface area contributed by atoms with Gasteiger partial charge in [-0.2, -0.15) is 0 Å². The molecule has 0 amide bonds. The van der Waals surface area contributed by atoms with Crippen LogP contribution in [0.1, 0.15) is 34.6 Å². The predicted octanol–water partition coefficient (Wildman–Crippen LogP) is 3.21. The van der Waals surface area contributed by atoms with E-state index in [4.69, 9.17) is 5.73 Å². The molecule has 0 aliphatic rings. The van der Waals surface area contributed by atoms with E-state index in [-0.39, 0.29) is 16.6 Å². The van der Waals surface area contributed by atoms with Crippen LogP contribution in [0.5, 0.6) is 0 Å². The number of benzene rings is 1. The molecule has 0 saturated carbocycles. The minimum absolute atomic E-state index is 0.0356. The molecule has 0 unspecified atom stereocenters. The van der Waals surface area contributed by atoms with Crippen molar-refractivity contribution in [2.45, 2.75) is 34.6 Å². The third-order valence-corrected chi connectivity index (χ3v) is 3.09. The van der Waals surface area contributed by atoms with Gasteiger partial charge in [0, 0.05) is 18.8 Å². The van der Waals surface area contributed by atoms with Crippen molar-refractivity contribution in [1.82, 2.24) is 5.32 Å². The predicted molar refractivity (Wildman–Crippen MR) is 92.6 cm³/mol. The second-order valence-corrected chi connectivity index (χ2v) is 7.58. The fourth-order valence-electron chi connectivity index (χ4n) is 1.55. The Hall–Kier alpha value is -1.62. The molecule has 0 radical (unpaired) electrons. The number of hydrogen-bond donors (Lipinski definition) is 3. The summed E-state index contributed by atoms with van der Waals surface area (Å²) < 4.78 is 13.3. The molecule has 124 valence electrons. The molecular formula is C17H29FN4. The number of aliphatic imine (C=N–C) groups is 1. The Balaban J connectivity index is 2.82. The Morgan fingerprint density at radius 1 is 1.23 bits per heavy atom. The lowest BCUT2D eigenvalue weighted by Crippen LogP contribution is -2.41. The average Bonchev–Trinajstić information content (AvgIpc) is 2.41. The van der Waals surface area contributed by atoms with Crippen molar-refractivity contribution in [2.24, 2.45) is 21.6 Å². The Morgan fingerprint density at radius 2 is 1.91 bits per heavy atom. The van der Waals surface area contributed by atoms with Gasteiger partial charge in [-0.3, -0.25) is 4.99 Å². The van der Waals surface area contributed by atoms with Gasteiger partial charge in [0.1, 0.15) is 5.82 Å². The smallest absolute Gasteiger partial charge is 0.195 e. The van der Waals surface area contributed by atoms with Crippen molar-refractivity contribution in [1.29, 1.82) is 0 Å². The van der Waals surface area contributed by atoms with Gasteiger partial charge < -0.3 is 16.4 Å². The van der Waals surface area contributed by atoms with E-state index in [9.17, 15) is 4.39 Å². The molecule has 4 N–H and O–H groups in total. The maximum absolute atomic E-state index is 13.3. The molecule has 0 fully saturated rings. The molecule has 0 saturated heterocycles. The number of guanidine groups is 1. The summed E-state index contributed by atoms with van der Waals surface area (Å²) in [6.45, 7) is 12.5. The third kappa shape index (κ3) is 7.41. The Labute approximate surface area is 133 Å². The summed E-state index contributed by atoms with van der Waals surface area (Å²) in [7, 11) is 0. The Morgan fingerprint density at radius 3 is 2.45 bits per heavy atom. The fraction of sp³-hybridized carbons (Fsp3) is 0.588. The normalized spacial score (nSPS) is 13.1. The zero-order chi connectivity index (χ0) is 16.8. The highest BCUT2D eigenvalue weighted by Gasteiger charge is 2.17. The molecule has 1 aromatic rings. The average molecular weight is 308 g/mol. The highest BCUT2D eigenvalue weighted by atomic mass is 19.1. The van der Waals surface area contributed by atoms with Crippen LogP contribution < -0.4 is 16.4 Å². The largest absolute Gasteiger partial charge is 0.356 e. The van der Waals surface area contributed by atoms with Crippen LogP contribution in [-0.2, 0) is 0 Å². The highest BCUT2D eigenvalue weighted by Crippen LogP contribution is 2.15. The zero-order valence-corrected chi connectivity index (χ0v) is 14.3. The maximum Gasteiger partial charge on any atom is 0.195 e. The van der Waals surface area contributed by atoms with E-state index in [1.54, 1.807) is 6.07 Å². The molecule has 0 aromatic heterocycles. The Kier molecular flexibility index (Phi) is 6.35. The molecule has 5 heteroatoms. The minimum atomic E-state index is -0.276. The third-order valence-electron chi connectivity index (χ3n) is 3.09. The SMILES string of the molecule is CC(C)(C)CN=C(NCC(C)(C)CN)Nc1cccc(F)c1. The first kappa shape index (κ1) is 18.4. The van der Waals surface area contributed by atoms with E-state index in [1.807, 2.05) is 6.07 Å². The summed E-state index contributed by atoms with van der Waals surface area (Å²) in [5.41, 5.74) is 6.48. The lowest BCUT2D eigenvalue weighted by atomic mass is 9.94. The first-order chi connectivity index (χ1) is 10.1. The molecule has 1 rings (SSSR count). The van der Waals surface area contributed by atoms with Gasteiger partial charge in [0.05, 0.1) is 0 Å².